The molecule has 0 aliphatic carbocycles. The first-order chi connectivity index (χ1) is 10.9. The predicted octanol–water partition coefficient (Wildman–Crippen LogP) is 2.19. The van der Waals surface area contributed by atoms with E-state index < -0.39 is 17.9 Å². The van der Waals surface area contributed by atoms with Crippen molar-refractivity contribution in [1.29, 1.82) is 0 Å². The summed E-state index contributed by atoms with van der Waals surface area (Å²) in [7, 11) is 0. The van der Waals surface area contributed by atoms with Crippen LogP contribution in [0.2, 0.25) is 5.02 Å². The molecule has 0 spiro atoms. The van der Waals surface area contributed by atoms with Crippen LogP contribution in [0.25, 0.3) is 0 Å². The third-order valence-electron chi connectivity index (χ3n) is 2.93. The Morgan fingerprint density at radius 2 is 2.09 bits per heavy atom. The van der Waals surface area contributed by atoms with Gasteiger partial charge in [-0.2, -0.15) is 5.10 Å². The highest BCUT2D eigenvalue weighted by Gasteiger charge is 2.21. The average Bonchev–Trinajstić information content (AvgIpc) is 2.88. The number of halogens is 2. The second kappa shape index (κ2) is 7.58. The largest absolute Gasteiger partial charge is 0.394 e. The highest BCUT2D eigenvalue weighted by Crippen LogP contribution is 2.25. The molecule has 7 nitrogen and oxygen atoms in total. The molecule has 0 saturated heterocycles. The van der Waals surface area contributed by atoms with Gasteiger partial charge >= 0.3 is 0 Å². The maximum absolute atomic E-state index is 12.2. The molecule has 0 saturated carbocycles. The summed E-state index contributed by atoms with van der Waals surface area (Å²) in [5.74, 6) is -0.680. The van der Waals surface area contributed by atoms with Crippen molar-refractivity contribution in [2.75, 3.05) is 11.9 Å². The van der Waals surface area contributed by atoms with Gasteiger partial charge in [0, 0.05) is 6.04 Å². The number of rotatable bonds is 5. The zero-order valence-electron chi connectivity index (χ0n) is 12.1. The summed E-state index contributed by atoms with van der Waals surface area (Å²) < 4.78 is 0.306. The fourth-order valence-electron chi connectivity index (χ4n) is 1.73. The summed E-state index contributed by atoms with van der Waals surface area (Å²) in [6.07, 6.45) is 0. The normalized spacial score (nSPS) is 11.8. The number of aliphatic hydroxyl groups excluding tert-OH is 1. The first kappa shape index (κ1) is 17.5. The Morgan fingerprint density at radius 1 is 1.39 bits per heavy atom. The van der Waals surface area contributed by atoms with Crippen molar-refractivity contribution in [3.8, 4) is 0 Å². The van der Waals surface area contributed by atoms with E-state index in [1.165, 1.54) is 0 Å². The molecule has 1 aromatic heterocycles. The molecule has 1 aromatic carbocycles. The minimum atomic E-state index is -0.479. The number of carbonyl (C=O) groups excluding carboxylic acids is 2. The van der Waals surface area contributed by atoms with E-state index in [9.17, 15) is 9.59 Å². The number of carbonyl (C=O) groups is 2. The number of H-pyrrole nitrogens is 1. The Balaban J connectivity index is 2.15. The van der Waals surface area contributed by atoms with Crippen LogP contribution in [0, 0.1) is 0 Å². The van der Waals surface area contributed by atoms with Gasteiger partial charge in [0.1, 0.15) is 5.82 Å². The van der Waals surface area contributed by atoms with Gasteiger partial charge < -0.3 is 15.7 Å². The van der Waals surface area contributed by atoms with E-state index >= 15 is 0 Å². The maximum atomic E-state index is 12.2. The lowest BCUT2D eigenvalue weighted by atomic mass is 10.2. The molecule has 0 aliphatic heterocycles. The van der Waals surface area contributed by atoms with E-state index in [-0.39, 0.29) is 18.1 Å². The third kappa shape index (κ3) is 4.10. The Morgan fingerprint density at radius 3 is 2.74 bits per heavy atom. The molecule has 1 atom stereocenters. The molecule has 0 bridgehead atoms. The molecule has 2 rings (SSSR count). The molecule has 0 aliphatic rings. The number of amides is 2. The van der Waals surface area contributed by atoms with Crippen molar-refractivity contribution in [1.82, 2.24) is 15.5 Å². The zero-order chi connectivity index (χ0) is 17.0. The van der Waals surface area contributed by atoms with Gasteiger partial charge in [-0.1, -0.05) is 23.7 Å². The Bertz CT molecular complexity index is 735. The van der Waals surface area contributed by atoms with Gasteiger partial charge in [0.05, 0.1) is 21.7 Å². The van der Waals surface area contributed by atoms with Crippen molar-refractivity contribution in [3.05, 3.63) is 45.0 Å². The van der Waals surface area contributed by atoms with Gasteiger partial charge in [0.2, 0.25) is 0 Å². The second-order valence-electron chi connectivity index (χ2n) is 4.75. The lowest BCUT2D eigenvalue weighted by Gasteiger charge is -2.09. The summed E-state index contributed by atoms with van der Waals surface area (Å²) in [5.41, 5.74) is 0.371. The summed E-state index contributed by atoms with van der Waals surface area (Å²) in [6.45, 7) is 1.46. The zero-order valence-corrected chi connectivity index (χ0v) is 14.4. The smallest absolute Gasteiger partial charge is 0.273 e. The maximum Gasteiger partial charge on any atom is 0.273 e. The number of aromatic nitrogens is 2. The quantitative estimate of drug-likeness (QED) is 0.616. The molecule has 0 unspecified atom stereocenters. The number of hydrogen-bond donors (Lipinski definition) is 4. The molecule has 0 radical (unpaired) electrons. The van der Waals surface area contributed by atoms with Gasteiger partial charge in [-0.25, -0.2) is 0 Å². The third-order valence-corrected chi connectivity index (χ3v) is 4.03. The van der Waals surface area contributed by atoms with Crippen LogP contribution >= 0.6 is 27.5 Å². The van der Waals surface area contributed by atoms with Gasteiger partial charge in [-0.3, -0.25) is 14.7 Å². The standard InChI is InChI=1S/C14H14BrClN4O3/c1-7(6-21)17-14(23)11-10(15)12(20-19-11)18-13(22)8-4-2-3-5-9(8)16/h2-5,7,21H,6H2,1H3,(H,17,23)(H2,18,19,20,22)/t7-/m1/s1. The summed E-state index contributed by atoms with van der Waals surface area (Å²) in [4.78, 5) is 24.2. The van der Waals surface area contributed by atoms with Crippen LogP contribution in [0.4, 0.5) is 5.82 Å². The summed E-state index contributed by atoms with van der Waals surface area (Å²) >= 11 is 9.19. The van der Waals surface area contributed by atoms with E-state index in [1.807, 2.05) is 0 Å². The van der Waals surface area contributed by atoms with Crippen LogP contribution in [0.3, 0.4) is 0 Å². The molecular weight excluding hydrogens is 388 g/mol. The lowest BCUT2D eigenvalue weighted by Crippen LogP contribution is -2.35. The van der Waals surface area contributed by atoms with Crippen molar-refractivity contribution >= 4 is 45.2 Å². The number of aromatic amines is 1. The van der Waals surface area contributed by atoms with Crippen molar-refractivity contribution in [3.63, 3.8) is 0 Å². The van der Waals surface area contributed by atoms with Gasteiger partial charge in [0.25, 0.3) is 11.8 Å². The molecule has 4 N–H and O–H groups in total. The fraction of sp³-hybridized carbons (Fsp3) is 0.214. The molecular formula is C14H14BrClN4O3. The van der Waals surface area contributed by atoms with Gasteiger partial charge in [0.15, 0.2) is 5.69 Å². The highest BCUT2D eigenvalue weighted by atomic mass is 79.9. The topological polar surface area (TPSA) is 107 Å². The Kier molecular flexibility index (Phi) is 5.75. The first-order valence-electron chi connectivity index (χ1n) is 6.65. The van der Waals surface area contributed by atoms with Crippen LogP contribution in [-0.4, -0.2) is 39.8 Å². The van der Waals surface area contributed by atoms with Crippen LogP contribution in [-0.2, 0) is 0 Å². The fourth-order valence-corrected chi connectivity index (χ4v) is 2.40. The average molecular weight is 402 g/mol. The summed E-state index contributed by atoms with van der Waals surface area (Å²) in [6, 6.07) is 6.19. The van der Waals surface area contributed by atoms with E-state index in [0.717, 1.165) is 0 Å². The van der Waals surface area contributed by atoms with Crippen LogP contribution < -0.4 is 10.6 Å². The molecule has 2 amide bonds. The van der Waals surface area contributed by atoms with Crippen LogP contribution in [0.1, 0.15) is 27.8 Å². The first-order valence-corrected chi connectivity index (χ1v) is 7.82. The molecule has 9 heteroatoms. The van der Waals surface area contributed by atoms with E-state index in [2.05, 4.69) is 36.8 Å². The van der Waals surface area contributed by atoms with E-state index in [1.54, 1.807) is 31.2 Å². The molecule has 23 heavy (non-hydrogen) atoms. The Labute approximate surface area is 145 Å². The highest BCUT2D eigenvalue weighted by molar-refractivity contribution is 9.10. The second-order valence-corrected chi connectivity index (χ2v) is 5.95. The number of nitrogens with zero attached hydrogens (tertiary/aromatic N) is 1. The minimum absolute atomic E-state index is 0.0692. The number of benzene rings is 1. The van der Waals surface area contributed by atoms with E-state index in [4.69, 9.17) is 16.7 Å². The number of hydrogen-bond acceptors (Lipinski definition) is 4. The van der Waals surface area contributed by atoms with Crippen molar-refractivity contribution in [2.45, 2.75) is 13.0 Å². The van der Waals surface area contributed by atoms with Crippen molar-refractivity contribution < 1.29 is 14.7 Å². The summed E-state index contributed by atoms with van der Waals surface area (Å²) in [5, 5.41) is 20.8. The van der Waals surface area contributed by atoms with Crippen LogP contribution in [0.15, 0.2) is 28.7 Å². The number of aliphatic hydroxyl groups is 1. The molecule has 122 valence electrons. The molecule has 1 heterocycles. The predicted molar refractivity (Wildman–Crippen MR) is 89.7 cm³/mol. The monoisotopic (exact) mass is 400 g/mol. The van der Waals surface area contributed by atoms with Gasteiger partial charge in [-0.15, -0.1) is 0 Å². The van der Waals surface area contributed by atoms with Crippen LogP contribution in [0.5, 0.6) is 0 Å². The van der Waals surface area contributed by atoms with Crippen molar-refractivity contribution in [2.24, 2.45) is 0 Å². The van der Waals surface area contributed by atoms with E-state index in [0.29, 0.717) is 15.1 Å². The van der Waals surface area contributed by atoms with Gasteiger partial charge in [-0.05, 0) is 35.0 Å². The Hall–Kier alpha value is -1.90. The SMILES string of the molecule is C[C@H](CO)NC(=O)c1n[nH]c(NC(=O)c2ccccc2Cl)c1Br. The lowest BCUT2D eigenvalue weighted by molar-refractivity contribution is 0.0915. The molecule has 2 aromatic rings. The minimum Gasteiger partial charge on any atom is -0.394 e. The number of anilines is 1. The number of nitrogens with one attached hydrogen (secondary N) is 3. The molecule has 0 fully saturated rings.